The second-order valence-electron chi connectivity index (χ2n) is 10.3. The SMILES string of the molecule is Cc1cccc(-n2nc(C(C)(C)C)cc2NC(=O)CN(Cc2ccccc2)C(=O)COc2ccccc2)c1. The van der Waals surface area contributed by atoms with E-state index in [9.17, 15) is 9.59 Å². The maximum Gasteiger partial charge on any atom is 0.261 e. The van der Waals surface area contributed by atoms with Crippen molar-refractivity contribution in [2.24, 2.45) is 0 Å². The van der Waals surface area contributed by atoms with E-state index in [1.54, 1.807) is 16.8 Å². The largest absolute Gasteiger partial charge is 0.484 e. The zero-order chi connectivity index (χ0) is 27.1. The Morgan fingerprint density at radius 2 is 1.61 bits per heavy atom. The number of nitrogens with one attached hydrogen (secondary N) is 1. The van der Waals surface area contributed by atoms with Gasteiger partial charge >= 0.3 is 0 Å². The quantitative estimate of drug-likeness (QED) is 0.322. The van der Waals surface area contributed by atoms with Crippen molar-refractivity contribution in [1.29, 1.82) is 0 Å². The van der Waals surface area contributed by atoms with Gasteiger partial charge in [0.25, 0.3) is 5.91 Å². The number of nitrogens with zero attached hydrogens (tertiary/aromatic N) is 3. The Bertz CT molecular complexity index is 1380. The molecular weight excluding hydrogens is 476 g/mol. The molecule has 7 nitrogen and oxygen atoms in total. The van der Waals surface area contributed by atoms with Gasteiger partial charge in [0, 0.05) is 18.0 Å². The van der Waals surface area contributed by atoms with Gasteiger partial charge in [0.15, 0.2) is 6.61 Å². The number of aromatic nitrogens is 2. The van der Waals surface area contributed by atoms with Crippen LogP contribution in [0.3, 0.4) is 0 Å². The van der Waals surface area contributed by atoms with E-state index in [-0.39, 0.29) is 36.9 Å². The first-order valence-corrected chi connectivity index (χ1v) is 12.7. The number of amides is 2. The topological polar surface area (TPSA) is 76.5 Å². The molecule has 0 unspecified atom stereocenters. The molecule has 2 amide bonds. The van der Waals surface area contributed by atoms with Gasteiger partial charge < -0.3 is 15.0 Å². The van der Waals surface area contributed by atoms with Crippen LogP contribution in [0.5, 0.6) is 5.75 Å². The predicted molar refractivity (Wildman–Crippen MR) is 149 cm³/mol. The van der Waals surface area contributed by atoms with Gasteiger partial charge in [-0.15, -0.1) is 0 Å². The third-order valence-electron chi connectivity index (χ3n) is 6.00. The zero-order valence-corrected chi connectivity index (χ0v) is 22.3. The van der Waals surface area contributed by atoms with Crippen LogP contribution in [-0.2, 0) is 21.5 Å². The third-order valence-corrected chi connectivity index (χ3v) is 6.00. The van der Waals surface area contributed by atoms with Crippen LogP contribution in [-0.4, -0.2) is 39.6 Å². The molecule has 1 N–H and O–H groups in total. The van der Waals surface area contributed by atoms with Crippen molar-refractivity contribution >= 4 is 17.6 Å². The maximum absolute atomic E-state index is 13.3. The molecule has 0 spiro atoms. The average Bonchev–Trinajstić information content (AvgIpc) is 3.32. The summed E-state index contributed by atoms with van der Waals surface area (Å²) in [6, 6.07) is 28.6. The summed E-state index contributed by atoms with van der Waals surface area (Å²) in [6.07, 6.45) is 0. The highest BCUT2D eigenvalue weighted by Gasteiger charge is 2.23. The number of hydrogen-bond donors (Lipinski definition) is 1. The van der Waals surface area contributed by atoms with Crippen molar-refractivity contribution in [3.05, 3.63) is 108 Å². The number of ether oxygens (including phenoxy) is 1. The summed E-state index contributed by atoms with van der Waals surface area (Å²) in [5.41, 5.74) is 3.50. The van der Waals surface area contributed by atoms with Crippen LogP contribution in [0.2, 0.25) is 0 Å². The minimum atomic E-state index is -0.316. The number of carbonyl (C=O) groups excluding carboxylic acids is 2. The zero-order valence-electron chi connectivity index (χ0n) is 22.3. The van der Waals surface area contributed by atoms with Gasteiger partial charge in [0.05, 0.1) is 11.4 Å². The highest BCUT2D eigenvalue weighted by molar-refractivity contribution is 5.94. The molecule has 0 atom stereocenters. The molecule has 196 valence electrons. The van der Waals surface area contributed by atoms with Crippen molar-refractivity contribution < 1.29 is 14.3 Å². The molecule has 0 aliphatic rings. The van der Waals surface area contributed by atoms with Gasteiger partial charge in [-0.3, -0.25) is 9.59 Å². The highest BCUT2D eigenvalue weighted by Crippen LogP contribution is 2.26. The number of anilines is 1. The normalized spacial score (nSPS) is 11.2. The van der Waals surface area contributed by atoms with E-state index in [0.717, 1.165) is 22.5 Å². The van der Waals surface area contributed by atoms with Gasteiger partial charge in [-0.05, 0) is 42.3 Å². The van der Waals surface area contributed by atoms with Gasteiger partial charge in [-0.25, -0.2) is 4.68 Å². The fourth-order valence-corrected chi connectivity index (χ4v) is 3.94. The first-order valence-electron chi connectivity index (χ1n) is 12.7. The van der Waals surface area contributed by atoms with E-state index in [2.05, 4.69) is 26.1 Å². The Kier molecular flexibility index (Phi) is 8.26. The van der Waals surface area contributed by atoms with E-state index in [4.69, 9.17) is 9.84 Å². The Morgan fingerprint density at radius 3 is 2.26 bits per heavy atom. The molecule has 0 saturated heterocycles. The van der Waals surface area contributed by atoms with Crippen molar-refractivity contribution in [1.82, 2.24) is 14.7 Å². The van der Waals surface area contributed by atoms with E-state index >= 15 is 0 Å². The third kappa shape index (κ3) is 7.09. The predicted octanol–water partition coefficient (Wildman–Crippen LogP) is 5.52. The number of carbonyl (C=O) groups is 2. The first-order chi connectivity index (χ1) is 18.2. The number of para-hydroxylation sites is 1. The average molecular weight is 511 g/mol. The Morgan fingerprint density at radius 1 is 0.921 bits per heavy atom. The molecule has 0 radical (unpaired) electrons. The molecule has 4 rings (SSSR count). The van der Waals surface area contributed by atoms with E-state index in [0.29, 0.717) is 11.6 Å². The van der Waals surface area contributed by atoms with Crippen LogP contribution in [0.25, 0.3) is 5.69 Å². The molecular formula is C31H34N4O3. The molecule has 1 heterocycles. The van der Waals surface area contributed by atoms with Gasteiger partial charge in [0.2, 0.25) is 5.91 Å². The smallest absolute Gasteiger partial charge is 0.261 e. The van der Waals surface area contributed by atoms with Crippen molar-refractivity contribution in [3.8, 4) is 11.4 Å². The van der Waals surface area contributed by atoms with Crippen LogP contribution in [0.15, 0.2) is 91.0 Å². The number of aryl methyl sites for hydroxylation is 1. The maximum atomic E-state index is 13.3. The highest BCUT2D eigenvalue weighted by atomic mass is 16.5. The fourth-order valence-electron chi connectivity index (χ4n) is 3.94. The molecule has 0 bridgehead atoms. The Hall–Kier alpha value is -4.39. The standard InChI is InChI=1S/C31H34N4O3/c1-23-12-11-15-25(18-23)35-28(19-27(33-35)31(2,3)4)32-29(36)21-34(20-24-13-7-5-8-14-24)30(37)22-38-26-16-9-6-10-17-26/h5-19H,20-22H2,1-4H3,(H,32,36). The van der Waals surface area contributed by atoms with Crippen LogP contribution >= 0.6 is 0 Å². The van der Waals surface area contributed by atoms with Crippen molar-refractivity contribution in [3.63, 3.8) is 0 Å². The number of benzene rings is 3. The van der Waals surface area contributed by atoms with Crippen molar-refractivity contribution in [2.75, 3.05) is 18.5 Å². The van der Waals surface area contributed by atoms with Gasteiger partial charge in [0.1, 0.15) is 18.1 Å². The van der Waals surface area contributed by atoms with Gasteiger partial charge in [-0.2, -0.15) is 5.10 Å². The minimum Gasteiger partial charge on any atom is -0.484 e. The molecule has 0 fully saturated rings. The lowest BCUT2D eigenvalue weighted by molar-refractivity contribution is -0.137. The molecule has 1 aromatic heterocycles. The lowest BCUT2D eigenvalue weighted by Crippen LogP contribution is -2.40. The van der Waals surface area contributed by atoms with Crippen LogP contribution < -0.4 is 10.1 Å². The summed E-state index contributed by atoms with van der Waals surface area (Å²) >= 11 is 0. The second-order valence-corrected chi connectivity index (χ2v) is 10.3. The summed E-state index contributed by atoms with van der Waals surface area (Å²) in [6.45, 7) is 8.24. The van der Waals surface area contributed by atoms with Gasteiger partial charge in [-0.1, -0.05) is 81.4 Å². The summed E-state index contributed by atoms with van der Waals surface area (Å²) in [5.74, 6) is 0.554. The molecule has 3 aromatic carbocycles. The number of rotatable bonds is 9. The molecule has 0 aliphatic heterocycles. The van der Waals surface area contributed by atoms with E-state index in [1.165, 1.54) is 4.90 Å². The fraction of sp³-hybridized carbons (Fsp3) is 0.258. The summed E-state index contributed by atoms with van der Waals surface area (Å²) in [7, 11) is 0. The summed E-state index contributed by atoms with van der Waals surface area (Å²) < 4.78 is 7.42. The molecule has 7 heteroatoms. The molecule has 38 heavy (non-hydrogen) atoms. The Labute approximate surface area is 224 Å². The van der Waals surface area contributed by atoms with E-state index in [1.807, 2.05) is 85.8 Å². The molecule has 0 saturated carbocycles. The molecule has 4 aromatic rings. The van der Waals surface area contributed by atoms with E-state index < -0.39 is 0 Å². The van der Waals surface area contributed by atoms with Crippen LogP contribution in [0.1, 0.15) is 37.6 Å². The lowest BCUT2D eigenvalue weighted by atomic mass is 9.92. The Balaban J connectivity index is 1.54. The minimum absolute atomic E-state index is 0.129. The lowest BCUT2D eigenvalue weighted by Gasteiger charge is -2.22. The summed E-state index contributed by atoms with van der Waals surface area (Å²) in [4.78, 5) is 28.0. The first kappa shape index (κ1) is 26.7. The van der Waals surface area contributed by atoms with Crippen molar-refractivity contribution in [2.45, 2.75) is 39.7 Å². The van der Waals surface area contributed by atoms with Crippen LogP contribution in [0.4, 0.5) is 5.82 Å². The van der Waals surface area contributed by atoms with Crippen LogP contribution in [0, 0.1) is 6.92 Å². The number of hydrogen-bond acceptors (Lipinski definition) is 4. The summed E-state index contributed by atoms with van der Waals surface area (Å²) in [5, 5.41) is 7.79. The monoisotopic (exact) mass is 510 g/mol. The molecule has 0 aliphatic carbocycles. The second kappa shape index (κ2) is 11.8.